The Bertz CT molecular complexity index is 938. The van der Waals surface area contributed by atoms with Crippen LogP contribution in [0.1, 0.15) is 24.2 Å². The predicted octanol–water partition coefficient (Wildman–Crippen LogP) is 3.03. The first-order valence-corrected chi connectivity index (χ1v) is 8.85. The summed E-state index contributed by atoms with van der Waals surface area (Å²) in [7, 11) is 0. The molecule has 3 aromatic rings. The number of amides is 1. The van der Waals surface area contributed by atoms with Gasteiger partial charge in [-0.3, -0.25) is 4.98 Å². The van der Waals surface area contributed by atoms with Gasteiger partial charge in [0.1, 0.15) is 0 Å². The van der Waals surface area contributed by atoms with Gasteiger partial charge in [-0.1, -0.05) is 0 Å². The lowest BCUT2D eigenvalue weighted by molar-refractivity contribution is 0.120. The van der Waals surface area contributed by atoms with Crippen molar-refractivity contribution in [3.8, 4) is 11.1 Å². The van der Waals surface area contributed by atoms with E-state index in [9.17, 15) is 9.90 Å². The molecule has 4 heterocycles. The van der Waals surface area contributed by atoms with Gasteiger partial charge in [0, 0.05) is 42.9 Å². The molecule has 7 heteroatoms. The van der Waals surface area contributed by atoms with E-state index >= 15 is 0 Å². The number of carboxylic acid groups (broad SMARTS) is 1. The van der Waals surface area contributed by atoms with E-state index in [1.165, 1.54) is 4.90 Å². The lowest BCUT2D eigenvalue weighted by Gasteiger charge is -2.30. The van der Waals surface area contributed by atoms with Gasteiger partial charge in [-0.05, 0) is 55.9 Å². The summed E-state index contributed by atoms with van der Waals surface area (Å²) in [5.74, 6) is 0.305. The minimum Gasteiger partial charge on any atom is -0.465 e. The van der Waals surface area contributed by atoms with Crippen molar-refractivity contribution in [1.29, 1.82) is 0 Å². The SMILES string of the molecule is Cc1nn2c(CC3CCCN(C(=O)O)C3)ccnc2c1-c1ccncc1. The van der Waals surface area contributed by atoms with E-state index in [0.29, 0.717) is 19.0 Å². The summed E-state index contributed by atoms with van der Waals surface area (Å²) >= 11 is 0. The molecule has 1 aliphatic heterocycles. The van der Waals surface area contributed by atoms with Crippen LogP contribution in [-0.4, -0.2) is 48.8 Å². The van der Waals surface area contributed by atoms with Crippen molar-refractivity contribution in [2.75, 3.05) is 13.1 Å². The molecular formula is C19H21N5O2. The molecule has 1 amide bonds. The van der Waals surface area contributed by atoms with Crippen LogP contribution in [0.25, 0.3) is 16.8 Å². The summed E-state index contributed by atoms with van der Waals surface area (Å²) in [6.45, 7) is 3.20. The molecule has 1 fully saturated rings. The zero-order chi connectivity index (χ0) is 18.1. The lowest BCUT2D eigenvalue weighted by atomic mass is 9.93. The first kappa shape index (κ1) is 16.5. The van der Waals surface area contributed by atoms with E-state index < -0.39 is 6.09 Å². The Morgan fingerprint density at radius 2 is 2.08 bits per heavy atom. The number of nitrogens with zero attached hydrogens (tertiary/aromatic N) is 5. The number of fused-ring (bicyclic) bond motifs is 1. The highest BCUT2D eigenvalue weighted by atomic mass is 16.4. The minimum atomic E-state index is -0.829. The third kappa shape index (κ3) is 3.00. The molecule has 0 spiro atoms. The minimum absolute atomic E-state index is 0.305. The van der Waals surface area contributed by atoms with E-state index in [2.05, 4.69) is 9.97 Å². The molecule has 1 atom stereocenters. The number of piperidine rings is 1. The average Bonchev–Trinajstić information content (AvgIpc) is 2.99. The van der Waals surface area contributed by atoms with Gasteiger partial charge in [-0.15, -0.1) is 0 Å². The van der Waals surface area contributed by atoms with Gasteiger partial charge in [-0.2, -0.15) is 5.10 Å². The fourth-order valence-corrected chi connectivity index (χ4v) is 3.81. The quantitative estimate of drug-likeness (QED) is 0.784. The van der Waals surface area contributed by atoms with Crippen LogP contribution in [0, 0.1) is 12.8 Å². The monoisotopic (exact) mass is 351 g/mol. The number of aryl methyl sites for hydroxylation is 1. The Hall–Kier alpha value is -2.96. The summed E-state index contributed by atoms with van der Waals surface area (Å²) < 4.78 is 1.91. The molecule has 134 valence electrons. The number of likely N-dealkylation sites (tertiary alicyclic amines) is 1. The van der Waals surface area contributed by atoms with Crippen molar-refractivity contribution in [2.24, 2.45) is 5.92 Å². The lowest BCUT2D eigenvalue weighted by Crippen LogP contribution is -2.39. The summed E-state index contributed by atoms with van der Waals surface area (Å²) in [6, 6.07) is 5.91. The Labute approximate surface area is 151 Å². The molecule has 0 radical (unpaired) electrons. The van der Waals surface area contributed by atoms with Crippen LogP contribution in [0.5, 0.6) is 0 Å². The smallest absolute Gasteiger partial charge is 0.407 e. The van der Waals surface area contributed by atoms with E-state index in [0.717, 1.165) is 47.4 Å². The van der Waals surface area contributed by atoms with Gasteiger partial charge < -0.3 is 10.0 Å². The molecule has 0 aromatic carbocycles. The van der Waals surface area contributed by atoms with Crippen molar-refractivity contribution in [3.63, 3.8) is 0 Å². The number of rotatable bonds is 3. The second-order valence-corrected chi connectivity index (χ2v) is 6.81. The first-order valence-electron chi connectivity index (χ1n) is 8.85. The molecule has 1 N–H and O–H groups in total. The average molecular weight is 351 g/mol. The number of hydrogen-bond donors (Lipinski definition) is 1. The molecule has 0 bridgehead atoms. The molecule has 1 unspecified atom stereocenters. The van der Waals surface area contributed by atoms with Crippen LogP contribution in [0.3, 0.4) is 0 Å². The van der Waals surface area contributed by atoms with Crippen molar-refractivity contribution in [1.82, 2.24) is 24.5 Å². The second-order valence-electron chi connectivity index (χ2n) is 6.81. The third-order valence-electron chi connectivity index (χ3n) is 5.03. The number of hydrogen-bond acceptors (Lipinski definition) is 4. The molecule has 3 aromatic heterocycles. The Balaban J connectivity index is 1.68. The molecule has 7 nitrogen and oxygen atoms in total. The largest absolute Gasteiger partial charge is 0.465 e. The maximum absolute atomic E-state index is 11.3. The molecule has 1 aliphatic rings. The number of aromatic nitrogens is 4. The second kappa shape index (κ2) is 6.74. The van der Waals surface area contributed by atoms with Crippen molar-refractivity contribution in [2.45, 2.75) is 26.2 Å². The van der Waals surface area contributed by atoms with Crippen LogP contribution in [0.4, 0.5) is 4.79 Å². The van der Waals surface area contributed by atoms with Crippen LogP contribution in [0.2, 0.25) is 0 Å². The first-order chi connectivity index (χ1) is 12.6. The van der Waals surface area contributed by atoms with Gasteiger partial charge in [0.15, 0.2) is 5.65 Å². The fourth-order valence-electron chi connectivity index (χ4n) is 3.81. The zero-order valence-electron chi connectivity index (χ0n) is 14.7. The highest BCUT2D eigenvalue weighted by Crippen LogP contribution is 2.28. The molecular weight excluding hydrogens is 330 g/mol. The van der Waals surface area contributed by atoms with Crippen LogP contribution in [-0.2, 0) is 6.42 Å². The topological polar surface area (TPSA) is 83.6 Å². The molecule has 1 saturated heterocycles. The van der Waals surface area contributed by atoms with Crippen molar-refractivity contribution in [3.05, 3.63) is 48.2 Å². The third-order valence-corrected chi connectivity index (χ3v) is 5.03. The maximum atomic E-state index is 11.3. The summed E-state index contributed by atoms with van der Waals surface area (Å²) in [5.41, 5.74) is 4.89. The van der Waals surface area contributed by atoms with E-state index in [-0.39, 0.29) is 0 Å². The molecule has 0 aliphatic carbocycles. The van der Waals surface area contributed by atoms with Gasteiger partial charge in [0.25, 0.3) is 0 Å². The Morgan fingerprint density at radius 1 is 1.27 bits per heavy atom. The summed E-state index contributed by atoms with van der Waals surface area (Å²) in [4.78, 5) is 21.4. The molecule has 0 saturated carbocycles. The highest BCUT2D eigenvalue weighted by Gasteiger charge is 2.24. The Kier molecular flexibility index (Phi) is 4.28. The van der Waals surface area contributed by atoms with E-state index in [1.807, 2.05) is 35.8 Å². The van der Waals surface area contributed by atoms with Crippen LogP contribution >= 0.6 is 0 Å². The molecule has 26 heavy (non-hydrogen) atoms. The van der Waals surface area contributed by atoms with E-state index in [1.54, 1.807) is 12.4 Å². The highest BCUT2D eigenvalue weighted by molar-refractivity contribution is 5.79. The predicted molar refractivity (Wildman–Crippen MR) is 97.0 cm³/mol. The van der Waals surface area contributed by atoms with E-state index in [4.69, 9.17) is 5.10 Å². The van der Waals surface area contributed by atoms with Crippen molar-refractivity contribution < 1.29 is 9.90 Å². The number of carbonyl (C=O) groups is 1. The van der Waals surface area contributed by atoms with Gasteiger partial charge in [-0.25, -0.2) is 14.3 Å². The van der Waals surface area contributed by atoms with Gasteiger partial charge >= 0.3 is 6.09 Å². The normalized spacial score (nSPS) is 17.6. The fraction of sp³-hybridized carbons (Fsp3) is 0.368. The zero-order valence-corrected chi connectivity index (χ0v) is 14.7. The number of pyridine rings is 1. The standard InChI is InChI=1S/C19H21N5O2/c1-13-17(15-4-7-20-8-5-15)18-21-9-6-16(24(18)22-13)11-14-3-2-10-23(12-14)19(25)26/h4-9,14H,2-3,10-12H2,1H3,(H,25,26). The maximum Gasteiger partial charge on any atom is 0.407 e. The van der Waals surface area contributed by atoms with Gasteiger partial charge in [0.05, 0.1) is 5.69 Å². The summed E-state index contributed by atoms with van der Waals surface area (Å²) in [6.07, 6.45) is 7.25. The Morgan fingerprint density at radius 3 is 2.85 bits per heavy atom. The molecule has 4 rings (SSSR count). The van der Waals surface area contributed by atoms with Crippen LogP contribution in [0.15, 0.2) is 36.8 Å². The van der Waals surface area contributed by atoms with Crippen LogP contribution < -0.4 is 0 Å². The van der Waals surface area contributed by atoms with Crippen molar-refractivity contribution >= 4 is 11.7 Å². The summed E-state index contributed by atoms with van der Waals surface area (Å²) in [5, 5.41) is 14.0. The van der Waals surface area contributed by atoms with Gasteiger partial charge in [0.2, 0.25) is 0 Å².